The van der Waals surface area contributed by atoms with Crippen LogP contribution in [0.3, 0.4) is 0 Å². The Morgan fingerprint density at radius 3 is 2.57 bits per heavy atom. The fourth-order valence-electron chi connectivity index (χ4n) is 2.76. The summed E-state index contributed by atoms with van der Waals surface area (Å²) in [4.78, 5) is 12.1. The molecule has 0 spiro atoms. The molecule has 4 heteroatoms. The molecule has 21 heavy (non-hydrogen) atoms. The van der Waals surface area contributed by atoms with Gasteiger partial charge in [-0.3, -0.25) is 4.79 Å². The second kappa shape index (κ2) is 5.35. The number of nitrogens with zero attached hydrogens (tertiary/aromatic N) is 1. The third-order valence-corrected chi connectivity index (χ3v) is 4.38. The summed E-state index contributed by atoms with van der Waals surface area (Å²) < 4.78 is 5.09. The number of nitrogens with one attached hydrogen (secondary N) is 1. The standard InChI is InChI=1S/C17H20N2O2/c1-12-15(13(2)21-19-12)10-16(20)18-11-17(8-9-17)14-6-4-3-5-7-14/h3-7H,8-11H2,1-2H3,(H,18,20). The predicted molar refractivity (Wildman–Crippen MR) is 80.0 cm³/mol. The van der Waals surface area contributed by atoms with Crippen LogP contribution in [0.2, 0.25) is 0 Å². The monoisotopic (exact) mass is 284 g/mol. The van der Waals surface area contributed by atoms with E-state index in [9.17, 15) is 4.79 Å². The first-order valence-corrected chi connectivity index (χ1v) is 7.35. The minimum Gasteiger partial charge on any atom is -0.361 e. The zero-order valence-electron chi connectivity index (χ0n) is 12.5. The average Bonchev–Trinajstić information content (AvgIpc) is 3.24. The summed E-state index contributed by atoms with van der Waals surface area (Å²) >= 11 is 0. The summed E-state index contributed by atoms with van der Waals surface area (Å²) in [5.74, 6) is 0.762. The Labute approximate surface area is 124 Å². The first kappa shape index (κ1) is 13.9. The lowest BCUT2D eigenvalue weighted by Crippen LogP contribution is -2.33. The first-order chi connectivity index (χ1) is 10.1. The lowest BCUT2D eigenvalue weighted by Gasteiger charge is -2.16. The van der Waals surface area contributed by atoms with Gasteiger partial charge in [0.25, 0.3) is 0 Å². The lowest BCUT2D eigenvalue weighted by atomic mass is 9.96. The molecule has 1 N–H and O–H groups in total. The minimum atomic E-state index is 0.0339. The van der Waals surface area contributed by atoms with Crippen LogP contribution in [-0.2, 0) is 16.6 Å². The molecule has 3 rings (SSSR count). The van der Waals surface area contributed by atoms with Gasteiger partial charge in [0.1, 0.15) is 5.76 Å². The molecular weight excluding hydrogens is 264 g/mol. The van der Waals surface area contributed by atoms with Gasteiger partial charge in [-0.2, -0.15) is 0 Å². The van der Waals surface area contributed by atoms with Crippen LogP contribution in [0, 0.1) is 13.8 Å². The molecule has 4 nitrogen and oxygen atoms in total. The van der Waals surface area contributed by atoms with E-state index in [1.807, 2.05) is 19.9 Å². The molecular formula is C17H20N2O2. The molecule has 0 saturated heterocycles. The van der Waals surface area contributed by atoms with Gasteiger partial charge in [0.05, 0.1) is 12.1 Å². The Balaban J connectivity index is 1.60. The maximum absolute atomic E-state index is 12.1. The molecule has 1 fully saturated rings. The van der Waals surface area contributed by atoms with Crippen LogP contribution in [0.1, 0.15) is 35.4 Å². The highest BCUT2D eigenvalue weighted by molar-refractivity contribution is 5.79. The van der Waals surface area contributed by atoms with E-state index in [4.69, 9.17) is 4.52 Å². The molecule has 0 radical (unpaired) electrons. The number of hydrogen-bond donors (Lipinski definition) is 1. The summed E-state index contributed by atoms with van der Waals surface area (Å²) in [6, 6.07) is 10.4. The van der Waals surface area contributed by atoms with E-state index in [1.54, 1.807) is 0 Å². The van der Waals surface area contributed by atoms with Gasteiger partial charge >= 0.3 is 0 Å². The Hall–Kier alpha value is -2.10. The largest absolute Gasteiger partial charge is 0.361 e. The summed E-state index contributed by atoms with van der Waals surface area (Å²) in [7, 11) is 0. The van der Waals surface area contributed by atoms with Crippen molar-refractivity contribution in [2.45, 2.75) is 38.5 Å². The highest BCUT2D eigenvalue weighted by atomic mass is 16.5. The van der Waals surface area contributed by atoms with Crippen molar-refractivity contribution in [2.75, 3.05) is 6.54 Å². The zero-order chi connectivity index (χ0) is 14.9. The van der Waals surface area contributed by atoms with Crippen molar-refractivity contribution in [3.05, 3.63) is 52.9 Å². The van der Waals surface area contributed by atoms with E-state index in [1.165, 1.54) is 5.56 Å². The van der Waals surface area contributed by atoms with Crippen LogP contribution in [0.15, 0.2) is 34.9 Å². The molecule has 1 aromatic heterocycles. The van der Waals surface area contributed by atoms with E-state index in [0.29, 0.717) is 13.0 Å². The van der Waals surface area contributed by atoms with Crippen LogP contribution in [0.25, 0.3) is 0 Å². The number of benzene rings is 1. The fourth-order valence-corrected chi connectivity index (χ4v) is 2.76. The minimum absolute atomic E-state index is 0.0339. The smallest absolute Gasteiger partial charge is 0.224 e. The van der Waals surface area contributed by atoms with Crippen molar-refractivity contribution in [1.29, 1.82) is 0 Å². The van der Waals surface area contributed by atoms with Crippen molar-refractivity contribution in [2.24, 2.45) is 0 Å². The predicted octanol–water partition coefficient (Wildman–Crippen LogP) is 2.68. The number of amides is 1. The van der Waals surface area contributed by atoms with Crippen molar-refractivity contribution in [1.82, 2.24) is 10.5 Å². The van der Waals surface area contributed by atoms with Gasteiger partial charge in [-0.1, -0.05) is 35.5 Å². The van der Waals surface area contributed by atoms with E-state index < -0.39 is 0 Å². The zero-order valence-corrected chi connectivity index (χ0v) is 12.5. The van der Waals surface area contributed by atoms with Crippen molar-refractivity contribution in [3.8, 4) is 0 Å². The van der Waals surface area contributed by atoms with Gasteiger partial charge in [0.2, 0.25) is 5.91 Å². The molecule has 110 valence electrons. The highest BCUT2D eigenvalue weighted by Crippen LogP contribution is 2.47. The molecule has 1 aromatic carbocycles. The van der Waals surface area contributed by atoms with Crippen LogP contribution in [0.5, 0.6) is 0 Å². The third kappa shape index (κ3) is 2.84. The third-order valence-electron chi connectivity index (χ3n) is 4.38. The molecule has 1 heterocycles. The van der Waals surface area contributed by atoms with E-state index >= 15 is 0 Å². The van der Waals surface area contributed by atoms with Crippen LogP contribution >= 0.6 is 0 Å². The second-order valence-corrected chi connectivity index (χ2v) is 5.90. The number of hydrogen-bond acceptors (Lipinski definition) is 3. The fraction of sp³-hybridized carbons (Fsp3) is 0.412. The van der Waals surface area contributed by atoms with E-state index in [-0.39, 0.29) is 11.3 Å². The summed E-state index contributed by atoms with van der Waals surface area (Å²) in [5, 5.41) is 6.95. The Bertz CT molecular complexity index is 623. The van der Waals surface area contributed by atoms with Gasteiger partial charge < -0.3 is 9.84 Å². The molecule has 1 aliphatic carbocycles. The number of aryl methyl sites for hydroxylation is 2. The maximum atomic E-state index is 12.1. The molecule has 2 aromatic rings. The summed E-state index contributed by atoms with van der Waals surface area (Å²) in [5.41, 5.74) is 3.17. The van der Waals surface area contributed by atoms with Gasteiger partial charge in [-0.25, -0.2) is 0 Å². The molecule has 0 unspecified atom stereocenters. The quantitative estimate of drug-likeness (QED) is 0.918. The number of carbonyl (C=O) groups excluding carboxylic acids is 1. The number of aromatic nitrogens is 1. The van der Waals surface area contributed by atoms with Crippen molar-refractivity contribution in [3.63, 3.8) is 0 Å². The van der Waals surface area contributed by atoms with Crippen molar-refractivity contribution < 1.29 is 9.32 Å². The van der Waals surface area contributed by atoms with Crippen LogP contribution in [-0.4, -0.2) is 17.6 Å². The van der Waals surface area contributed by atoms with Gasteiger partial charge in [0.15, 0.2) is 0 Å². The van der Waals surface area contributed by atoms with Gasteiger partial charge in [-0.15, -0.1) is 0 Å². The lowest BCUT2D eigenvalue weighted by molar-refractivity contribution is -0.120. The second-order valence-electron chi connectivity index (χ2n) is 5.90. The van der Waals surface area contributed by atoms with Gasteiger partial charge in [-0.05, 0) is 32.3 Å². The van der Waals surface area contributed by atoms with Gasteiger partial charge in [0, 0.05) is 17.5 Å². The highest BCUT2D eigenvalue weighted by Gasteiger charge is 2.44. The number of rotatable bonds is 5. The first-order valence-electron chi connectivity index (χ1n) is 7.35. The average molecular weight is 284 g/mol. The molecule has 1 amide bonds. The molecule has 0 atom stereocenters. The summed E-state index contributed by atoms with van der Waals surface area (Å²) in [6.07, 6.45) is 2.62. The molecule has 1 aliphatic rings. The number of carbonyl (C=O) groups is 1. The molecule has 1 saturated carbocycles. The van der Waals surface area contributed by atoms with E-state index in [2.05, 4.69) is 34.7 Å². The summed E-state index contributed by atoms with van der Waals surface area (Å²) in [6.45, 7) is 4.42. The van der Waals surface area contributed by atoms with Crippen LogP contribution in [0.4, 0.5) is 0 Å². The molecule has 0 aliphatic heterocycles. The van der Waals surface area contributed by atoms with Crippen LogP contribution < -0.4 is 5.32 Å². The Morgan fingerprint density at radius 2 is 2.00 bits per heavy atom. The topological polar surface area (TPSA) is 55.1 Å². The van der Waals surface area contributed by atoms with Crippen molar-refractivity contribution >= 4 is 5.91 Å². The Kier molecular flexibility index (Phi) is 3.53. The van der Waals surface area contributed by atoms with E-state index in [0.717, 1.165) is 29.9 Å². The molecule has 0 bridgehead atoms. The normalized spacial score (nSPS) is 15.7. The Morgan fingerprint density at radius 1 is 1.29 bits per heavy atom. The maximum Gasteiger partial charge on any atom is 0.224 e. The SMILES string of the molecule is Cc1noc(C)c1CC(=O)NCC1(c2ccccc2)CC1.